The lowest BCUT2D eigenvalue weighted by Crippen LogP contribution is -2.36. The topological polar surface area (TPSA) is 80.3 Å². The molecule has 0 aliphatic carbocycles. The average Bonchev–Trinajstić information content (AvgIpc) is 3.13. The summed E-state index contributed by atoms with van der Waals surface area (Å²) in [6.07, 6.45) is 5.16. The molecule has 1 fully saturated rings. The third-order valence-corrected chi connectivity index (χ3v) is 5.64. The largest absolute Gasteiger partial charge is 0.423 e. The highest BCUT2D eigenvalue weighted by Gasteiger charge is 2.27. The number of fused-ring (bicyclic) bond motifs is 2. The Morgan fingerprint density at radius 2 is 1.86 bits per heavy atom. The number of rotatable bonds is 2. The van der Waals surface area contributed by atoms with Crippen LogP contribution in [0.25, 0.3) is 11.1 Å². The molecule has 28 heavy (non-hydrogen) atoms. The highest BCUT2D eigenvalue weighted by atomic mass is 16.4. The summed E-state index contributed by atoms with van der Waals surface area (Å²) in [5, 5.41) is 8.50. The first-order valence-electron chi connectivity index (χ1n) is 10.1. The van der Waals surface area contributed by atoms with Gasteiger partial charge in [0.15, 0.2) is 5.58 Å². The molecule has 0 unspecified atom stereocenters. The van der Waals surface area contributed by atoms with Crippen molar-refractivity contribution in [2.45, 2.75) is 38.6 Å². The molecule has 0 spiro atoms. The zero-order valence-corrected chi connectivity index (χ0v) is 15.9. The van der Waals surface area contributed by atoms with Gasteiger partial charge in [-0.1, -0.05) is 18.6 Å². The van der Waals surface area contributed by atoms with Crippen LogP contribution in [0.3, 0.4) is 0 Å². The maximum absolute atomic E-state index is 13.1. The van der Waals surface area contributed by atoms with Gasteiger partial charge in [0.25, 0.3) is 11.9 Å². The zero-order chi connectivity index (χ0) is 18.9. The third-order valence-electron chi connectivity index (χ3n) is 5.64. The molecule has 3 aromatic rings. The van der Waals surface area contributed by atoms with Gasteiger partial charge in [0.1, 0.15) is 11.3 Å². The highest BCUT2D eigenvalue weighted by Crippen LogP contribution is 2.23. The second kappa shape index (κ2) is 7.26. The molecule has 4 heterocycles. The van der Waals surface area contributed by atoms with Crippen LogP contribution in [0, 0.1) is 0 Å². The molecule has 2 aliphatic heterocycles. The Kier molecular flexibility index (Phi) is 4.46. The Bertz CT molecular complexity index is 961. The molecule has 1 amide bonds. The van der Waals surface area contributed by atoms with Crippen LogP contribution in [0.4, 0.5) is 6.01 Å². The Hall–Kier alpha value is -2.90. The van der Waals surface area contributed by atoms with Gasteiger partial charge in [-0.2, -0.15) is 4.98 Å². The van der Waals surface area contributed by atoms with Crippen LogP contribution < -0.4 is 4.90 Å². The van der Waals surface area contributed by atoms with Crippen LogP contribution in [-0.2, 0) is 13.0 Å². The van der Waals surface area contributed by atoms with Gasteiger partial charge >= 0.3 is 0 Å². The number of hydrogen-bond acceptors (Lipinski definition) is 6. The highest BCUT2D eigenvalue weighted by molar-refractivity contribution is 5.90. The second-order valence-corrected chi connectivity index (χ2v) is 7.50. The van der Waals surface area contributed by atoms with Gasteiger partial charge in [-0.25, -0.2) is 0 Å². The summed E-state index contributed by atoms with van der Waals surface area (Å²) in [5.41, 5.74) is 1.65. The Morgan fingerprint density at radius 1 is 0.929 bits per heavy atom. The zero-order valence-electron chi connectivity index (χ0n) is 15.9. The molecular formula is C20H24N6O2. The third kappa shape index (κ3) is 3.12. The summed E-state index contributed by atoms with van der Waals surface area (Å²) in [7, 11) is 0. The number of amides is 1. The fourth-order valence-electron chi connectivity index (χ4n) is 4.09. The van der Waals surface area contributed by atoms with Gasteiger partial charge in [-0.3, -0.25) is 4.79 Å². The molecule has 2 aromatic heterocycles. The monoisotopic (exact) mass is 380 g/mol. The number of hydrogen-bond donors (Lipinski definition) is 0. The van der Waals surface area contributed by atoms with Crippen molar-refractivity contribution in [2.24, 2.45) is 0 Å². The van der Waals surface area contributed by atoms with Crippen LogP contribution in [0.15, 0.2) is 28.7 Å². The maximum atomic E-state index is 13.1. The van der Waals surface area contributed by atoms with Gasteiger partial charge in [-0.15, -0.1) is 10.2 Å². The van der Waals surface area contributed by atoms with E-state index in [1.807, 2.05) is 33.7 Å². The quantitative estimate of drug-likeness (QED) is 0.680. The number of para-hydroxylation sites is 2. The van der Waals surface area contributed by atoms with Crippen molar-refractivity contribution in [1.29, 1.82) is 0 Å². The molecule has 0 radical (unpaired) electrons. The number of carbonyl (C=O) groups excluding carboxylic acids is 1. The first-order valence-corrected chi connectivity index (χ1v) is 10.1. The molecule has 1 aromatic carbocycles. The summed E-state index contributed by atoms with van der Waals surface area (Å²) >= 11 is 0. The van der Waals surface area contributed by atoms with Gasteiger partial charge < -0.3 is 18.8 Å². The minimum atomic E-state index is -0.0138. The van der Waals surface area contributed by atoms with Gasteiger partial charge in [0, 0.05) is 39.1 Å². The fraction of sp³-hybridized carbons (Fsp3) is 0.500. The lowest BCUT2D eigenvalue weighted by Gasteiger charge is -2.21. The minimum absolute atomic E-state index is 0.0138. The van der Waals surface area contributed by atoms with E-state index in [1.165, 1.54) is 6.42 Å². The van der Waals surface area contributed by atoms with Crippen molar-refractivity contribution in [3.63, 3.8) is 0 Å². The Labute approximate surface area is 163 Å². The van der Waals surface area contributed by atoms with E-state index in [1.54, 1.807) is 0 Å². The van der Waals surface area contributed by atoms with Gasteiger partial charge in [0.2, 0.25) is 5.82 Å². The maximum Gasteiger partial charge on any atom is 0.298 e. The van der Waals surface area contributed by atoms with Crippen molar-refractivity contribution in [1.82, 2.24) is 24.6 Å². The molecule has 1 saturated heterocycles. The van der Waals surface area contributed by atoms with E-state index in [4.69, 9.17) is 4.42 Å². The van der Waals surface area contributed by atoms with E-state index in [9.17, 15) is 4.79 Å². The van der Waals surface area contributed by atoms with Gasteiger partial charge in [0.05, 0.1) is 0 Å². The number of aromatic nitrogens is 4. The average molecular weight is 380 g/mol. The van der Waals surface area contributed by atoms with Crippen molar-refractivity contribution in [3.8, 4) is 0 Å². The molecule has 2 aliphatic rings. The molecule has 0 bridgehead atoms. The first kappa shape index (κ1) is 17.2. The predicted molar refractivity (Wildman–Crippen MR) is 104 cm³/mol. The van der Waals surface area contributed by atoms with Crippen molar-refractivity contribution < 1.29 is 9.21 Å². The smallest absolute Gasteiger partial charge is 0.298 e. The Balaban J connectivity index is 1.32. The van der Waals surface area contributed by atoms with Crippen LogP contribution in [0.2, 0.25) is 0 Å². The summed E-state index contributed by atoms with van der Waals surface area (Å²) in [4.78, 5) is 21.7. The Morgan fingerprint density at radius 3 is 2.79 bits per heavy atom. The number of anilines is 1. The number of benzene rings is 1. The number of oxazole rings is 1. The molecule has 0 atom stereocenters. The van der Waals surface area contributed by atoms with Gasteiger partial charge in [-0.05, 0) is 31.4 Å². The second-order valence-electron chi connectivity index (χ2n) is 7.50. The first-order chi connectivity index (χ1) is 13.8. The summed E-state index contributed by atoms with van der Waals surface area (Å²) in [5.74, 6) is 1.43. The molecular weight excluding hydrogens is 356 g/mol. The van der Waals surface area contributed by atoms with Crippen LogP contribution in [0.5, 0.6) is 0 Å². The summed E-state index contributed by atoms with van der Waals surface area (Å²) in [6, 6.07) is 8.41. The molecule has 8 heteroatoms. The van der Waals surface area contributed by atoms with Crippen molar-refractivity contribution in [2.75, 3.05) is 31.1 Å². The SMILES string of the molecule is O=C(c1nnc2n1CCCCC2)N1CCCN(c2nc3ccccc3o2)CC1. The van der Waals surface area contributed by atoms with Crippen LogP contribution in [-0.4, -0.2) is 56.7 Å². The summed E-state index contributed by atoms with van der Waals surface area (Å²) in [6.45, 7) is 3.68. The lowest BCUT2D eigenvalue weighted by molar-refractivity contribution is 0.0748. The van der Waals surface area contributed by atoms with Crippen molar-refractivity contribution >= 4 is 23.0 Å². The number of aryl methyl sites for hydroxylation is 1. The standard InChI is InChI=1S/C20H24N6O2/c27-19(18-23-22-17-9-2-1-5-12-26(17)18)24-10-6-11-25(14-13-24)20-21-15-7-3-4-8-16(15)28-20/h3-4,7-8H,1-2,5-6,9-14H2. The fourth-order valence-corrected chi connectivity index (χ4v) is 4.09. The molecule has 146 valence electrons. The lowest BCUT2D eigenvalue weighted by atomic mass is 10.2. The van der Waals surface area contributed by atoms with E-state index in [-0.39, 0.29) is 5.91 Å². The number of carbonyl (C=O) groups is 1. The van der Waals surface area contributed by atoms with Crippen molar-refractivity contribution in [3.05, 3.63) is 35.9 Å². The van der Waals surface area contributed by atoms with E-state index in [2.05, 4.69) is 20.1 Å². The van der Waals surface area contributed by atoms with E-state index in [0.29, 0.717) is 31.5 Å². The minimum Gasteiger partial charge on any atom is -0.423 e. The normalized spacial score (nSPS) is 18.0. The summed E-state index contributed by atoms with van der Waals surface area (Å²) < 4.78 is 7.93. The van der Waals surface area contributed by atoms with E-state index in [0.717, 1.165) is 55.7 Å². The van der Waals surface area contributed by atoms with E-state index >= 15 is 0 Å². The van der Waals surface area contributed by atoms with Crippen LogP contribution in [0.1, 0.15) is 42.1 Å². The van der Waals surface area contributed by atoms with E-state index < -0.39 is 0 Å². The number of nitrogens with zero attached hydrogens (tertiary/aromatic N) is 6. The molecule has 0 saturated carbocycles. The molecule has 8 nitrogen and oxygen atoms in total. The predicted octanol–water partition coefficient (Wildman–Crippen LogP) is 2.50. The molecule has 0 N–H and O–H groups in total. The molecule has 5 rings (SSSR count). The van der Waals surface area contributed by atoms with Crippen LogP contribution >= 0.6 is 0 Å².